The van der Waals surface area contributed by atoms with E-state index >= 15 is 0 Å². The van der Waals surface area contributed by atoms with Crippen molar-refractivity contribution in [3.63, 3.8) is 0 Å². The van der Waals surface area contributed by atoms with Gasteiger partial charge in [-0.15, -0.1) is 11.3 Å². The van der Waals surface area contributed by atoms with E-state index in [1.165, 1.54) is 19.5 Å². The average Bonchev–Trinajstić information content (AvgIpc) is 2.99. The molecule has 0 unspecified atom stereocenters. The molecule has 26 heavy (non-hydrogen) atoms. The van der Waals surface area contributed by atoms with Crippen LogP contribution in [0.4, 0.5) is 22.7 Å². The highest BCUT2D eigenvalue weighted by Gasteiger charge is 2.28. The van der Waals surface area contributed by atoms with Crippen LogP contribution in [0.2, 0.25) is 0 Å². The van der Waals surface area contributed by atoms with E-state index in [0.717, 1.165) is 15.6 Å². The maximum absolute atomic E-state index is 12.2. The van der Waals surface area contributed by atoms with Gasteiger partial charge >= 0.3 is 0 Å². The zero-order valence-corrected chi connectivity index (χ0v) is 15.4. The van der Waals surface area contributed by atoms with Crippen molar-refractivity contribution in [3.05, 3.63) is 56.2 Å². The van der Waals surface area contributed by atoms with Crippen LogP contribution in [0.25, 0.3) is 0 Å². The lowest BCUT2D eigenvalue weighted by Crippen LogP contribution is -2.35. The van der Waals surface area contributed by atoms with Crippen LogP contribution in [0.15, 0.2) is 49.5 Å². The Morgan fingerprint density at radius 3 is 2.15 bits per heavy atom. The lowest BCUT2D eigenvalue weighted by atomic mass is 10.1. The lowest BCUT2D eigenvalue weighted by molar-refractivity contribution is 0.460. The first-order valence-corrected chi connectivity index (χ1v) is 9.71. The van der Waals surface area contributed by atoms with Gasteiger partial charge in [0.05, 0.1) is 5.69 Å². The molecule has 8 nitrogen and oxygen atoms in total. The van der Waals surface area contributed by atoms with E-state index in [0.29, 0.717) is 5.69 Å². The minimum Gasteiger partial charge on any atom is -0.504 e. The first-order chi connectivity index (χ1) is 12.2. The van der Waals surface area contributed by atoms with Crippen molar-refractivity contribution in [3.8, 4) is 5.75 Å². The quantitative estimate of drug-likeness (QED) is 0.547. The maximum Gasteiger partial charge on any atom is 0.255 e. The van der Waals surface area contributed by atoms with Gasteiger partial charge in [0.25, 0.3) is 20.9 Å². The molecule has 0 saturated heterocycles. The van der Waals surface area contributed by atoms with Gasteiger partial charge < -0.3 is 15.7 Å². The molecule has 0 saturated carbocycles. The highest BCUT2D eigenvalue weighted by molar-refractivity contribution is 7.91. The van der Waals surface area contributed by atoms with Crippen LogP contribution in [0, 0.1) is 0 Å². The first-order valence-electron chi connectivity index (χ1n) is 7.39. The second kappa shape index (κ2) is 6.56. The minimum absolute atomic E-state index is 0.0271. The molecule has 1 heterocycles. The molecule has 0 radical (unpaired) electrons. The molecule has 136 valence electrons. The molecule has 0 bridgehead atoms. The van der Waals surface area contributed by atoms with Crippen LogP contribution >= 0.6 is 11.3 Å². The SMILES string of the molecule is CN(C)S(=O)(=O)c1scc(Nc2c(Nc3ccccc3)c(=O)c2=O)c1O. The molecule has 0 fully saturated rings. The van der Waals surface area contributed by atoms with E-state index in [-0.39, 0.29) is 21.3 Å². The van der Waals surface area contributed by atoms with Gasteiger partial charge in [-0.05, 0) is 12.1 Å². The second-order valence-corrected chi connectivity index (χ2v) is 8.82. The number of nitrogens with one attached hydrogen (secondary N) is 2. The van der Waals surface area contributed by atoms with Gasteiger partial charge in [0.2, 0.25) is 0 Å². The fourth-order valence-corrected chi connectivity index (χ4v) is 4.58. The molecule has 0 atom stereocenters. The van der Waals surface area contributed by atoms with Crippen LogP contribution < -0.4 is 21.5 Å². The molecule has 0 amide bonds. The van der Waals surface area contributed by atoms with Gasteiger partial charge in [0.1, 0.15) is 11.4 Å². The van der Waals surface area contributed by atoms with Gasteiger partial charge in [-0.2, -0.15) is 0 Å². The number of benzene rings is 1. The van der Waals surface area contributed by atoms with Crippen molar-refractivity contribution in [2.45, 2.75) is 4.21 Å². The van der Waals surface area contributed by atoms with Crippen molar-refractivity contribution in [1.82, 2.24) is 4.31 Å². The van der Waals surface area contributed by atoms with E-state index in [2.05, 4.69) is 10.6 Å². The molecular weight excluding hydrogens is 378 g/mol. The number of nitrogens with zero attached hydrogens (tertiary/aromatic N) is 1. The van der Waals surface area contributed by atoms with Gasteiger partial charge in [0, 0.05) is 25.2 Å². The number of aromatic hydroxyl groups is 1. The zero-order chi connectivity index (χ0) is 19.1. The Labute approximate surface area is 153 Å². The molecule has 1 aromatic heterocycles. The molecule has 3 aromatic rings. The summed E-state index contributed by atoms with van der Waals surface area (Å²) in [5.41, 5.74) is -0.741. The van der Waals surface area contributed by atoms with Crippen LogP contribution in [-0.4, -0.2) is 31.9 Å². The maximum atomic E-state index is 12.2. The molecular formula is C16H15N3O5S2. The van der Waals surface area contributed by atoms with Gasteiger partial charge in [-0.1, -0.05) is 18.2 Å². The highest BCUT2D eigenvalue weighted by Crippen LogP contribution is 2.40. The minimum atomic E-state index is -3.82. The molecule has 2 aromatic carbocycles. The number of rotatable bonds is 6. The first kappa shape index (κ1) is 18.1. The number of hydrogen-bond acceptors (Lipinski definition) is 8. The molecule has 0 aliphatic carbocycles. The molecule has 3 N–H and O–H groups in total. The Balaban J connectivity index is 1.92. The van der Waals surface area contributed by atoms with Crippen LogP contribution in [0.1, 0.15) is 0 Å². The predicted molar refractivity (Wildman–Crippen MR) is 101 cm³/mol. The second-order valence-electron chi connectivity index (χ2n) is 5.60. The number of anilines is 4. The van der Waals surface area contributed by atoms with Gasteiger partial charge in [0.15, 0.2) is 9.96 Å². The summed E-state index contributed by atoms with van der Waals surface area (Å²) in [5.74, 6) is -0.498. The Morgan fingerprint density at radius 2 is 1.58 bits per heavy atom. The van der Waals surface area contributed by atoms with Gasteiger partial charge in [-0.3, -0.25) is 9.59 Å². The third kappa shape index (κ3) is 2.98. The highest BCUT2D eigenvalue weighted by atomic mass is 32.2. The Hall–Kier alpha value is -2.69. The Morgan fingerprint density at radius 1 is 1.00 bits per heavy atom. The van der Waals surface area contributed by atoms with Crippen molar-refractivity contribution < 1.29 is 13.5 Å². The number of thiophene rings is 1. The van der Waals surface area contributed by atoms with Crippen molar-refractivity contribution >= 4 is 44.1 Å². The van der Waals surface area contributed by atoms with Crippen LogP contribution in [0.3, 0.4) is 0 Å². The van der Waals surface area contributed by atoms with Gasteiger partial charge in [-0.25, -0.2) is 12.7 Å². The zero-order valence-electron chi connectivity index (χ0n) is 13.8. The largest absolute Gasteiger partial charge is 0.504 e. The van der Waals surface area contributed by atoms with E-state index in [1.807, 2.05) is 6.07 Å². The van der Waals surface area contributed by atoms with E-state index in [1.54, 1.807) is 24.3 Å². The van der Waals surface area contributed by atoms with Crippen LogP contribution in [0.5, 0.6) is 5.75 Å². The van der Waals surface area contributed by atoms with E-state index in [9.17, 15) is 23.1 Å². The summed E-state index contributed by atoms with van der Waals surface area (Å²) in [6.07, 6.45) is 0. The van der Waals surface area contributed by atoms with Crippen molar-refractivity contribution in [2.75, 3.05) is 24.7 Å². The summed E-state index contributed by atoms with van der Waals surface area (Å²) < 4.78 is 25.0. The summed E-state index contributed by atoms with van der Waals surface area (Å²) in [7, 11) is -1.12. The lowest BCUT2D eigenvalue weighted by Gasteiger charge is -2.14. The van der Waals surface area contributed by atoms with Crippen LogP contribution in [-0.2, 0) is 10.0 Å². The fourth-order valence-electron chi connectivity index (χ4n) is 2.20. The average molecular weight is 393 g/mol. The molecule has 3 rings (SSSR count). The molecule has 0 spiro atoms. The Kier molecular flexibility index (Phi) is 4.57. The monoisotopic (exact) mass is 393 g/mol. The summed E-state index contributed by atoms with van der Waals surface area (Å²) in [6.45, 7) is 0. The number of para-hydroxylation sites is 1. The standard InChI is InChI=1S/C16H15N3O5S2/c1-19(2)26(23,24)16-13(20)10(8-25-16)18-12-11(14(21)15(12)22)17-9-6-4-3-5-7-9/h3-8,17-18,20H,1-2H3. The smallest absolute Gasteiger partial charge is 0.255 e. The van der Waals surface area contributed by atoms with E-state index < -0.39 is 26.6 Å². The third-order valence-corrected chi connectivity index (χ3v) is 6.97. The molecule has 0 aliphatic rings. The molecule has 0 aliphatic heterocycles. The summed E-state index contributed by atoms with van der Waals surface area (Å²) in [6, 6.07) is 8.80. The summed E-state index contributed by atoms with van der Waals surface area (Å²) >= 11 is 0.814. The summed E-state index contributed by atoms with van der Waals surface area (Å²) in [4.78, 5) is 23.7. The Bertz CT molecular complexity index is 1130. The predicted octanol–water partition coefficient (Wildman–Crippen LogP) is 1.79. The number of sulfonamides is 1. The number of hydrogen-bond donors (Lipinski definition) is 3. The normalized spacial score (nSPS) is 11.8. The third-order valence-electron chi connectivity index (χ3n) is 3.66. The fraction of sp³-hybridized carbons (Fsp3) is 0.125. The van der Waals surface area contributed by atoms with Crippen molar-refractivity contribution in [2.24, 2.45) is 0 Å². The van der Waals surface area contributed by atoms with Crippen molar-refractivity contribution in [1.29, 1.82) is 0 Å². The summed E-state index contributed by atoms with van der Waals surface area (Å²) in [5, 5.41) is 17.1. The topological polar surface area (TPSA) is 116 Å². The molecule has 10 heteroatoms. The van der Waals surface area contributed by atoms with E-state index in [4.69, 9.17) is 0 Å².